The van der Waals surface area contributed by atoms with E-state index in [-0.39, 0.29) is 0 Å². The van der Waals surface area contributed by atoms with Crippen molar-refractivity contribution in [2.45, 2.75) is 46.1 Å². The Bertz CT molecular complexity index is 565. The van der Waals surface area contributed by atoms with E-state index in [9.17, 15) is 8.42 Å². The van der Waals surface area contributed by atoms with Gasteiger partial charge in [-0.1, -0.05) is 26.8 Å². The lowest BCUT2D eigenvalue weighted by Gasteiger charge is -2.24. The van der Waals surface area contributed by atoms with Crippen LogP contribution in [0.3, 0.4) is 0 Å². The summed E-state index contributed by atoms with van der Waals surface area (Å²) in [5.74, 6) is 0.295. The highest BCUT2D eigenvalue weighted by Gasteiger charge is 2.26. The summed E-state index contributed by atoms with van der Waals surface area (Å²) in [6.07, 6.45) is 0. The molecule has 0 fully saturated rings. The molecule has 0 aromatic heterocycles. The van der Waals surface area contributed by atoms with Crippen molar-refractivity contribution in [1.29, 1.82) is 0 Å². The number of nitrogens with two attached hydrogens (primary N) is 1. The van der Waals surface area contributed by atoms with E-state index >= 15 is 0 Å². The summed E-state index contributed by atoms with van der Waals surface area (Å²) in [5, 5.41) is 0. The summed E-state index contributed by atoms with van der Waals surface area (Å²) in [5.41, 5.74) is 8.29. The Morgan fingerprint density at radius 2 is 1.85 bits per heavy atom. The lowest BCUT2D eigenvalue weighted by molar-refractivity contribution is 0.380. The predicted molar refractivity (Wildman–Crippen MR) is 83.1 cm³/mol. The molecule has 114 valence electrons. The van der Waals surface area contributed by atoms with Crippen LogP contribution in [0, 0.1) is 19.8 Å². The molecule has 0 unspecified atom stereocenters. The molecule has 0 bridgehead atoms. The highest BCUT2D eigenvalue weighted by Crippen LogP contribution is 2.24. The second-order valence-corrected chi connectivity index (χ2v) is 7.50. The van der Waals surface area contributed by atoms with Crippen molar-refractivity contribution in [2.75, 3.05) is 13.1 Å². The van der Waals surface area contributed by atoms with Gasteiger partial charge in [0.05, 0.1) is 4.90 Å². The van der Waals surface area contributed by atoms with Crippen LogP contribution in [0.5, 0.6) is 0 Å². The molecule has 0 saturated carbocycles. The molecule has 2 N–H and O–H groups in total. The molecule has 0 aliphatic carbocycles. The first-order valence-corrected chi connectivity index (χ1v) is 8.48. The summed E-state index contributed by atoms with van der Waals surface area (Å²) in [7, 11) is -3.45. The van der Waals surface area contributed by atoms with Crippen molar-refractivity contribution in [3.8, 4) is 0 Å². The van der Waals surface area contributed by atoms with Crippen LogP contribution in [-0.4, -0.2) is 25.8 Å². The van der Waals surface area contributed by atoms with E-state index in [1.165, 1.54) is 0 Å². The van der Waals surface area contributed by atoms with Gasteiger partial charge in [0.25, 0.3) is 0 Å². The molecule has 0 amide bonds. The molecular formula is C15H26N2O2S. The summed E-state index contributed by atoms with van der Waals surface area (Å²) >= 11 is 0. The van der Waals surface area contributed by atoms with Crippen molar-refractivity contribution < 1.29 is 8.42 Å². The molecule has 5 heteroatoms. The number of benzene rings is 1. The number of sulfonamides is 1. The van der Waals surface area contributed by atoms with Gasteiger partial charge in [0.15, 0.2) is 0 Å². The van der Waals surface area contributed by atoms with Gasteiger partial charge in [0.1, 0.15) is 0 Å². The largest absolute Gasteiger partial charge is 0.326 e. The number of nitrogens with zero attached hydrogens (tertiary/aromatic N) is 1. The Morgan fingerprint density at radius 1 is 1.25 bits per heavy atom. The van der Waals surface area contributed by atoms with Gasteiger partial charge in [-0.2, -0.15) is 4.31 Å². The summed E-state index contributed by atoms with van der Waals surface area (Å²) in [6, 6.07) is 3.66. The van der Waals surface area contributed by atoms with Crippen molar-refractivity contribution in [2.24, 2.45) is 11.7 Å². The summed E-state index contributed by atoms with van der Waals surface area (Å²) in [4.78, 5) is 0.389. The standard InChI is InChI=1S/C15H26N2O2S/c1-6-17(10-11(2)3)20(18,19)15-8-14(9-16)7-12(4)13(15)5/h7-8,11H,6,9-10,16H2,1-5H3. The Kier molecular flexibility index (Phi) is 5.74. The van der Waals surface area contributed by atoms with Gasteiger partial charge < -0.3 is 5.73 Å². The van der Waals surface area contributed by atoms with Crippen LogP contribution in [0.25, 0.3) is 0 Å². The van der Waals surface area contributed by atoms with Crippen LogP contribution in [0.1, 0.15) is 37.5 Å². The quantitative estimate of drug-likeness (QED) is 0.877. The van der Waals surface area contributed by atoms with Crippen LogP contribution < -0.4 is 5.73 Å². The Balaban J connectivity index is 3.37. The fourth-order valence-electron chi connectivity index (χ4n) is 2.23. The fourth-order valence-corrected chi connectivity index (χ4v) is 4.19. The third kappa shape index (κ3) is 3.59. The normalized spacial score (nSPS) is 12.4. The maximum atomic E-state index is 12.8. The maximum Gasteiger partial charge on any atom is 0.243 e. The highest BCUT2D eigenvalue weighted by atomic mass is 32.2. The molecular weight excluding hydrogens is 272 g/mol. The maximum absolute atomic E-state index is 12.8. The first kappa shape index (κ1) is 17.1. The molecule has 0 radical (unpaired) electrons. The topological polar surface area (TPSA) is 63.4 Å². The fraction of sp³-hybridized carbons (Fsp3) is 0.600. The highest BCUT2D eigenvalue weighted by molar-refractivity contribution is 7.89. The van der Waals surface area contributed by atoms with Gasteiger partial charge in [-0.05, 0) is 42.5 Å². The van der Waals surface area contributed by atoms with Crippen LogP contribution >= 0.6 is 0 Å². The lowest BCUT2D eigenvalue weighted by Crippen LogP contribution is -2.34. The minimum atomic E-state index is -3.45. The number of hydrogen-bond donors (Lipinski definition) is 1. The molecule has 1 aromatic carbocycles. The molecule has 1 rings (SSSR count). The monoisotopic (exact) mass is 298 g/mol. The Morgan fingerprint density at radius 3 is 2.30 bits per heavy atom. The van der Waals surface area contributed by atoms with Gasteiger partial charge >= 0.3 is 0 Å². The molecule has 0 heterocycles. The molecule has 0 spiro atoms. The number of aryl methyl sites for hydroxylation is 1. The van der Waals surface area contributed by atoms with E-state index in [2.05, 4.69) is 0 Å². The number of hydrogen-bond acceptors (Lipinski definition) is 3. The zero-order valence-electron chi connectivity index (χ0n) is 13.1. The Hall–Kier alpha value is -0.910. The average Bonchev–Trinajstić information content (AvgIpc) is 2.38. The molecule has 0 aliphatic heterocycles. The van der Waals surface area contributed by atoms with E-state index in [4.69, 9.17) is 5.73 Å². The lowest BCUT2D eigenvalue weighted by atomic mass is 10.1. The second kappa shape index (κ2) is 6.70. The summed E-state index contributed by atoms with van der Waals surface area (Å²) < 4.78 is 27.2. The van der Waals surface area contributed by atoms with Crippen LogP contribution in [-0.2, 0) is 16.6 Å². The van der Waals surface area contributed by atoms with E-state index in [0.29, 0.717) is 30.4 Å². The third-order valence-corrected chi connectivity index (χ3v) is 5.52. The SMILES string of the molecule is CCN(CC(C)C)S(=O)(=O)c1cc(CN)cc(C)c1C. The van der Waals surface area contributed by atoms with Gasteiger partial charge in [0.2, 0.25) is 10.0 Å². The van der Waals surface area contributed by atoms with Crippen LogP contribution in [0.15, 0.2) is 17.0 Å². The first-order chi connectivity index (χ1) is 9.23. The van der Waals surface area contributed by atoms with Gasteiger partial charge in [0, 0.05) is 19.6 Å². The molecule has 20 heavy (non-hydrogen) atoms. The van der Waals surface area contributed by atoms with Crippen molar-refractivity contribution >= 4 is 10.0 Å². The van der Waals surface area contributed by atoms with E-state index in [0.717, 1.165) is 16.7 Å². The van der Waals surface area contributed by atoms with Crippen molar-refractivity contribution in [3.05, 3.63) is 28.8 Å². The summed E-state index contributed by atoms with van der Waals surface area (Å²) in [6.45, 7) is 11.0. The Labute approximate surface area is 123 Å². The van der Waals surface area contributed by atoms with E-state index < -0.39 is 10.0 Å². The minimum absolute atomic E-state index is 0.295. The molecule has 0 aliphatic rings. The first-order valence-electron chi connectivity index (χ1n) is 7.04. The molecule has 1 aromatic rings. The average molecular weight is 298 g/mol. The van der Waals surface area contributed by atoms with Crippen LogP contribution in [0.4, 0.5) is 0 Å². The van der Waals surface area contributed by atoms with Crippen molar-refractivity contribution in [3.63, 3.8) is 0 Å². The minimum Gasteiger partial charge on any atom is -0.326 e. The molecule has 0 atom stereocenters. The van der Waals surface area contributed by atoms with Gasteiger partial charge in [-0.15, -0.1) is 0 Å². The van der Waals surface area contributed by atoms with Gasteiger partial charge in [-0.25, -0.2) is 8.42 Å². The smallest absolute Gasteiger partial charge is 0.243 e. The van der Waals surface area contributed by atoms with Crippen LogP contribution in [0.2, 0.25) is 0 Å². The third-order valence-electron chi connectivity index (χ3n) is 3.45. The van der Waals surface area contributed by atoms with Gasteiger partial charge in [-0.3, -0.25) is 0 Å². The molecule has 0 saturated heterocycles. The predicted octanol–water partition coefficient (Wildman–Crippen LogP) is 2.43. The zero-order chi connectivity index (χ0) is 15.5. The number of rotatable bonds is 6. The zero-order valence-corrected chi connectivity index (χ0v) is 13.9. The van der Waals surface area contributed by atoms with Crippen molar-refractivity contribution in [1.82, 2.24) is 4.31 Å². The second-order valence-electron chi connectivity index (χ2n) is 5.59. The van der Waals surface area contributed by atoms with E-state index in [1.54, 1.807) is 10.4 Å². The molecule has 4 nitrogen and oxygen atoms in total. The van der Waals surface area contributed by atoms with E-state index in [1.807, 2.05) is 40.7 Å².